The highest BCUT2D eigenvalue weighted by Gasteiger charge is 2.30. The molecule has 0 radical (unpaired) electrons. The van der Waals surface area contributed by atoms with Crippen molar-refractivity contribution in [2.24, 2.45) is 23.7 Å². The van der Waals surface area contributed by atoms with E-state index in [1.165, 1.54) is 57.1 Å². The van der Waals surface area contributed by atoms with Crippen molar-refractivity contribution >= 4 is 0 Å². The molecule has 1 nitrogen and oxygen atoms in total. The standard InChI is InChI=1S/C25H34F2O/c1-3-17-28-23-16-15-22(24(26)25(23)27)14-9-19-7-12-21(13-8-19)20-10-5-18(4-2)6-11-20/h15-16,18-21H,3-8,10-13,17H2,1-2H3. The van der Waals surface area contributed by atoms with E-state index >= 15 is 0 Å². The van der Waals surface area contributed by atoms with E-state index in [9.17, 15) is 8.78 Å². The van der Waals surface area contributed by atoms with Crippen molar-refractivity contribution in [3.8, 4) is 17.6 Å². The summed E-state index contributed by atoms with van der Waals surface area (Å²) in [5.41, 5.74) is 0.140. The fourth-order valence-electron chi connectivity index (χ4n) is 4.93. The molecule has 2 aliphatic rings. The second-order valence-corrected chi connectivity index (χ2v) is 8.66. The maximum atomic E-state index is 14.3. The van der Waals surface area contributed by atoms with Gasteiger partial charge in [-0.1, -0.05) is 45.0 Å². The third-order valence-corrected chi connectivity index (χ3v) is 6.83. The SMILES string of the molecule is CCCOc1ccc(C#CC2CCC(C3CCC(CC)CC3)CC2)c(F)c1F. The topological polar surface area (TPSA) is 9.23 Å². The lowest BCUT2D eigenvalue weighted by Gasteiger charge is -2.36. The fourth-order valence-corrected chi connectivity index (χ4v) is 4.93. The summed E-state index contributed by atoms with van der Waals surface area (Å²) in [5, 5.41) is 0. The Hall–Kier alpha value is -1.56. The largest absolute Gasteiger partial charge is 0.490 e. The lowest BCUT2D eigenvalue weighted by Crippen LogP contribution is -2.25. The normalized spacial score (nSPS) is 27.7. The lowest BCUT2D eigenvalue weighted by molar-refractivity contribution is 0.156. The first kappa shape index (κ1) is 21.2. The average molecular weight is 389 g/mol. The van der Waals surface area contributed by atoms with Gasteiger partial charge in [0.2, 0.25) is 5.82 Å². The Morgan fingerprint density at radius 2 is 1.54 bits per heavy atom. The van der Waals surface area contributed by atoms with Gasteiger partial charge < -0.3 is 4.74 Å². The molecule has 1 aromatic carbocycles. The van der Waals surface area contributed by atoms with Crippen LogP contribution < -0.4 is 4.74 Å². The number of halogens is 2. The number of hydrogen-bond acceptors (Lipinski definition) is 1. The molecule has 0 unspecified atom stereocenters. The summed E-state index contributed by atoms with van der Waals surface area (Å²) in [7, 11) is 0. The van der Waals surface area contributed by atoms with Crippen molar-refractivity contribution in [3.05, 3.63) is 29.3 Å². The second-order valence-electron chi connectivity index (χ2n) is 8.66. The minimum absolute atomic E-state index is 0.0248. The summed E-state index contributed by atoms with van der Waals surface area (Å²) in [4.78, 5) is 0. The number of benzene rings is 1. The first-order valence-electron chi connectivity index (χ1n) is 11.2. The molecule has 0 aliphatic heterocycles. The Morgan fingerprint density at radius 3 is 2.14 bits per heavy atom. The van der Waals surface area contributed by atoms with Crippen LogP contribution in [-0.4, -0.2) is 6.61 Å². The van der Waals surface area contributed by atoms with Crippen molar-refractivity contribution in [2.75, 3.05) is 6.61 Å². The molecule has 3 rings (SSSR count). The van der Waals surface area contributed by atoms with Crippen LogP contribution in [0.4, 0.5) is 8.78 Å². The van der Waals surface area contributed by atoms with Gasteiger partial charge in [-0.3, -0.25) is 0 Å². The van der Waals surface area contributed by atoms with Crippen molar-refractivity contribution in [2.45, 2.75) is 78.1 Å². The van der Waals surface area contributed by atoms with Gasteiger partial charge in [0, 0.05) is 5.92 Å². The van der Waals surface area contributed by atoms with Gasteiger partial charge in [-0.15, -0.1) is 0 Å². The van der Waals surface area contributed by atoms with Crippen molar-refractivity contribution in [1.82, 2.24) is 0 Å². The van der Waals surface area contributed by atoms with Gasteiger partial charge in [-0.05, 0) is 74.8 Å². The van der Waals surface area contributed by atoms with Crippen LogP contribution in [0.25, 0.3) is 0 Å². The zero-order valence-electron chi connectivity index (χ0n) is 17.4. The molecule has 0 spiro atoms. The van der Waals surface area contributed by atoms with Crippen LogP contribution in [0.15, 0.2) is 12.1 Å². The molecule has 0 heterocycles. The molecule has 0 amide bonds. The van der Waals surface area contributed by atoms with Crippen LogP contribution >= 0.6 is 0 Å². The molecule has 3 heteroatoms. The van der Waals surface area contributed by atoms with E-state index in [1.54, 1.807) is 0 Å². The van der Waals surface area contributed by atoms with Crippen molar-refractivity contribution in [3.63, 3.8) is 0 Å². The molecule has 2 fully saturated rings. The maximum Gasteiger partial charge on any atom is 0.201 e. The summed E-state index contributed by atoms with van der Waals surface area (Å²) in [6.07, 6.45) is 12.4. The molecule has 1 aromatic rings. The van der Waals surface area contributed by atoms with Crippen LogP contribution in [-0.2, 0) is 0 Å². The van der Waals surface area contributed by atoms with Crippen LogP contribution in [0.3, 0.4) is 0 Å². The minimum Gasteiger partial charge on any atom is -0.490 e. The zero-order valence-corrected chi connectivity index (χ0v) is 17.4. The minimum atomic E-state index is -0.924. The summed E-state index contributed by atoms with van der Waals surface area (Å²) in [5.74, 6) is 7.28. The molecule has 0 atom stereocenters. The van der Waals surface area contributed by atoms with E-state index in [-0.39, 0.29) is 11.3 Å². The molecular formula is C25H34F2O. The Kier molecular flexibility index (Phi) is 7.77. The Morgan fingerprint density at radius 1 is 0.893 bits per heavy atom. The zero-order chi connectivity index (χ0) is 19.9. The monoisotopic (exact) mass is 388 g/mol. The molecule has 0 N–H and O–H groups in total. The highest BCUT2D eigenvalue weighted by molar-refractivity contribution is 5.41. The Labute approximate surface area is 169 Å². The molecular weight excluding hydrogens is 354 g/mol. The number of rotatable bonds is 5. The van der Waals surface area contributed by atoms with Gasteiger partial charge in [0.1, 0.15) is 0 Å². The van der Waals surface area contributed by atoms with E-state index in [4.69, 9.17) is 4.74 Å². The smallest absolute Gasteiger partial charge is 0.201 e. The van der Waals surface area contributed by atoms with E-state index in [0.29, 0.717) is 12.5 Å². The molecule has 0 aromatic heterocycles. The predicted molar refractivity (Wildman–Crippen MR) is 110 cm³/mol. The second kappa shape index (κ2) is 10.3. The van der Waals surface area contributed by atoms with Gasteiger partial charge >= 0.3 is 0 Å². The van der Waals surface area contributed by atoms with Gasteiger partial charge in [-0.25, -0.2) is 4.39 Å². The van der Waals surface area contributed by atoms with E-state index in [0.717, 1.165) is 37.0 Å². The van der Waals surface area contributed by atoms with Crippen LogP contribution in [0.2, 0.25) is 0 Å². The number of ether oxygens (including phenoxy) is 1. The lowest BCUT2D eigenvalue weighted by atomic mass is 9.69. The Bertz CT molecular complexity index is 686. The third kappa shape index (κ3) is 5.28. The first-order chi connectivity index (χ1) is 13.6. The third-order valence-electron chi connectivity index (χ3n) is 6.83. The van der Waals surface area contributed by atoms with Gasteiger partial charge in [0.05, 0.1) is 12.2 Å². The molecule has 2 aliphatic carbocycles. The summed E-state index contributed by atoms with van der Waals surface area (Å²) in [6, 6.07) is 3.02. The number of hydrogen-bond donors (Lipinski definition) is 0. The summed E-state index contributed by atoms with van der Waals surface area (Å²) in [6.45, 7) is 4.62. The van der Waals surface area contributed by atoms with Crippen molar-refractivity contribution < 1.29 is 13.5 Å². The van der Waals surface area contributed by atoms with Gasteiger partial charge in [0.15, 0.2) is 11.6 Å². The molecule has 0 saturated heterocycles. The summed E-state index contributed by atoms with van der Waals surface area (Å²) >= 11 is 0. The fraction of sp³-hybridized carbons (Fsp3) is 0.680. The van der Waals surface area contributed by atoms with Gasteiger partial charge in [-0.2, -0.15) is 4.39 Å². The van der Waals surface area contributed by atoms with E-state index in [1.807, 2.05) is 6.92 Å². The van der Waals surface area contributed by atoms with Crippen molar-refractivity contribution in [1.29, 1.82) is 0 Å². The predicted octanol–water partition coefficient (Wildman–Crippen LogP) is 7.13. The average Bonchev–Trinajstić information content (AvgIpc) is 2.74. The van der Waals surface area contributed by atoms with E-state index in [2.05, 4.69) is 18.8 Å². The van der Waals surface area contributed by atoms with Crippen LogP contribution in [0, 0.1) is 47.1 Å². The highest BCUT2D eigenvalue weighted by Crippen LogP contribution is 2.41. The summed E-state index contributed by atoms with van der Waals surface area (Å²) < 4.78 is 33.6. The molecule has 28 heavy (non-hydrogen) atoms. The molecule has 0 bridgehead atoms. The quantitative estimate of drug-likeness (QED) is 0.488. The molecule has 154 valence electrons. The molecule has 2 saturated carbocycles. The van der Waals surface area contributed by atoms with Crippen LogP contribution in [0.1, 0.15) is 83.6 Å². The first-order valence-corrected chi connectivity index (χ1v) is 11.2. The Balaban J connectivity index is 1.53. The van der Waals surface area contributed by atoms with Gasteiger partial charge in [0.25, 0.3) is 0 Å². The highest BCUT2D eigenvalue weighted by atomic mass is 19.2. The maximum absolute atomic E-state index is 14.3. The van der Waals surface area contributed by atoms with E-state index < -0.39 is 11.6 Å². The van der Waals surface area contributed by atoms with Crippen LogP contribution in [0.5, 0.6) is 5.75 Å².